The molecule has 4 nitrogen and oxygen atoms in total. The highest BCUT2D eigenvalue weighted by Gasteiger charge is 2.24. The second-order valence-corrected chi connectivity index (χ2v) is 4.77. The van der Waals surface area contributed by atoms with Crippen LogP contribution >= 0.6 is 0 Å². The van der Waals surface area contributed by atoms with E-state index >= 15 is 0 Å². The highest BCUT2D eigenvalue weighted by molar-refractivity contribution is 5.99. The van der Waals surface area contributed by atoms with E-state index < -0.39 is 0 Å². The summed E-state index contributed by atoms with van der Waals surface area (Å²) in [6, 6.07) is 6.05. The Morgan fingerprint density at radius 1 is 1.37 bits per heavy atom. The van der Waals surface area contributed by atoms with Gasteiger partial charge in [-0.1, -0.05) is 12.1 Å². The number of benzene rings is 1. The van der Waals surface area contributed by atoms with E-state index in [2.05, 4.69) is 0 Å². The maximum Gasteiger partial charge on any atom is 0.326 e. The Kier molecular flexibility index (Phi) is 4.20. The molecule has 4 heteroatoms. The summed E-state index contributed by atoms with van der Waals surface area (Å²) in [4.78, 5) is 25.4. The van der Waals surface area contributed by atoms with Crippen molar-refractivity contribution in [2.75, 3.05) is 18.1 Å². The van der Waals surface area contributed by atoms with Crippen molar-refractivity contribution in [3.05, 3.63) is 29.3 Å². The number of esters is 1. The van der Waals surface area contributed by atoms with Gasteiger partial charge >= 0.3 is 5.97 Å². The first-order valence-corrected chi connectivity index (χ1v) is 6.67. The molecule has 0 N–H and O–H groups in total. The fourth-order valence-electron chi connectivity index (χ4n) is 2.35. The lowest BCUT2D eigenvalue weighted by molar-refractivity contribution is -0.142. The maximum absolute atomic E-state index is 12.1. The minimum absolute atomic E-state index is 0.00240. The van der Waals surface area contributed by atoms with Gasteiger partial charge in [-0.05, 0) is 43.9 Å². The van der Waals surface area contributed by atoms with Crippen molar-refractivity contribution in [1.82, 2.24) is 0 Å². The van der Waals surface area contributed by atoms with Crippen LogP contribution in [-0.2, 0) is 20.7 Å². The number of rotatable bonds is 3. The molecule has 0 aliphatic carbocycles. The average molecular weight is 261 g/mol. The first-order chi connectivity index (χ1) is 9.11. The van der Waals surface area contributed by atoms with Gasteiger partial charge < -0.3 is 9.64 Å². The maximum atomic E-state index is 12.1. The van der Waals surface area contributed by atoms with E-state index in [4.69, 9.17) is 4.74 Å². The second kappa shape index (κ2) is 5.87. The topological polar surface area (TPSA) is 46.6 Å². The summed E-state index contributed by atoms with van der Waals surface area (Å²) in [5, 5.41) is 0. The first kappa shape index (κ1) is 13.6. The lowest BCUT2D eigenvalue weighted by Gasteiger charge is -2.22. The van der Waals surface area contributed by atoms with Crippen molar-refractivity contribution < 1.29 is 14.3 Å². The Labute approximate surface area is 113 Å². The zero-order chi connectivity index (χ0) is 13.8. The van der Waals surface area contributed by atoms with Gasteiger partial charge in [0.2, 0.25) is 5.91 Å². The van der Waals surface area contributed by atoms with Gasteiger partial charge in [-0.3, -0.25) is 9.59 Å². The molecule has 0 atom stereocenters. The van der Waals surface area contributed by atoms with Gasteiger partial charge in [0.25, 0.3) is 0 Å². The molecule has 0 bridgehead atoms. The lowest BCUT2D eigenvalue weighted by atomic mass is 10.1. The number of carbonyl (C=O) groups excluding carboxylic acids is 2. The molecule has 0 radical (unpaired) electrons. The summed E-state index contributed by atoms with van der Waals surface area (Å²) in [6.45, 7) is 4.09. The highest BCUT2D eigenvalue weighted by Crippen LogP contribution is 2.28. The molecule has 0 saturated carbocycles. The summed E-state index contributed by atoms with van der Waals surface area (Å²) in [5.41, 5.74) is 3.07. The first-order valence-electron chi connectivity index (χ1n) is 6.67. The fraction of sp³-hybridized carbons (Fsp3) is 0.467. The molecule has 2 rings (SSSR count). The smallest absolute Gasteiger partial charge is 0.326 e. The zero-order valence-electron chi connectivity index (χ0n) is 11.4. The fourth-order valence-corrected chi connectivity index (χ4v) is 2.35. The number of nitrogens with zero attached hydrogens (tertiary/aromatic N) is 1. The molecule has 1 aromatic rings. The molecule has 0 spiro atoms. The van der Waals surface area contributed by atoms with Crippen molar-refractivity contribution in [2.24, 2.45) is 0 Å². The summed E-state index contributed by atoms with van der Waals surface area (Å²) >= 11 is 0. The van der Waals surface area contributed by atoms with Crippen LogP contribution in [0.4, 0.5) is 5.69 Å². The third-order valence-corrected chi connectivity index (χ3v) is 3.26. The Balaban J connectivity index is 2.31. The predicted molar refractivity (Wildman–Crippen MR) is 73.1 cm³/mol. The van der Waals surface area contributed by atoms with Gasteiger partial charge in [0.05, 0.1) is 6.61 Å². The van der Waals surface area contributed by atoms with Gasteiger partial charge in [-0.2, -0.15) is 0 Å². The predicted octanol–water partition coefficient (Wildman–Crippen LogP) is 2.23. The molecule has 19 heavy (non-hydrogen) atoms. The molecular weight excluding hydrogens is 242 g/mol. The van der Waals surface area contributed by atoms with Crippen LogP contribution in [0, 0.1) is 6.92 Å². The third kappa shape index (κ3) is 3.13. The summed E-state index contributed by atoms with van der Waals surface area (Å²) in [7, 11) is 0. The number of aryl methyl sites for hydroxylation is 2. The lowest BCUT2D eigenvalue weighted by Crippen LogP contribution is -2.36. The van der Waals surface area contributed by atoms with E-state index in [1.165, 1.54) is 0 Å². The van der Waals surface area contributed by atoms with Crippen LogP contribution in [0.1, 0.15) is 30.9 Å². The highest BCUT2D eigenvalue weighted by atomic mass is 16.5. The number of hydrogen-bond acceptors (Lipinski definition) is 3. The second-order valence-electron chi connectivity index (χ2n) is 4.77. The third-order valence-electron chi connectivity index (χ3n) is 3.26. The number of carbonyl (C=O) groups is 2. The van der Waals surface area contributed by atoms with Crippen LogP contribution in [0.3, 0.4) is 0 Å². The van der Waals surface area contributed by atoms with Crippen LogP contribution < -0.4 is 4.90 Å². The number of hydrogen-bond donors (Lipinski definition) is 0. The minimum atomic E-state index is -0.356. The molecule has 1 heterocycles. The molecule has 0 saturated heterocycles. The number of anilines is 1. The molecule has 1 aliphatic rings. The number of ether oxygens (including phenoxy) is 1. The Bertz CT molecular complexity index is 496. The molecule has 1 aromatic carbocycles. The van der Waals surface area contributed by atoms with Gasteiger partial charge in [0.1, 0.15) is 6.54 Å². The van der Waals surface area contributed by atoms with Gasteiger partial charge in [0.15, 0.2) is 0 Å². The molecule has 0 aromatic heterocycles. The van der Waals surface area contributed by atoms with Crippen molar-refractivity contribution >= 4 is 17.6 Å². The van der Waals surface area contributed by atoms with Gasteiger partial charge in [0, 0.05) is 12.1 Å². The van der Waals surface area contributed by atoms with Crippen LogP contribution in [0.2, 0.25) is 0 Å². The van der Waals surface area contributed by atoms with Crippen LogP contribution in [0.5, 0.6) is 0 Å². The molecule has 0 fully saturated rings. The standard InChI is InChI=1S/C15H19NO3/c1-3-19-15(18)10-16-13-9-11(2)7-8-12(13)5-4-6-14(16)17/h7-9H,3-6,10H2,1-2H3. The van der Waals surface area contributed by atoms with Crippen molar-refractivity contribution in [2.45, 2.75) is 33.1 Å². The summed E-state index contributed by atoms with van der Waals surface area (Å²) < 4.78 is 4.95. The SMILES string of the molecule is CCOC(=O)CN1C(=O)CCCc2ccc(C)cc21. The molecule has 1 aliphatic heterocycles. The molecule has 0 unspecified atom stereocenters. The minimum Gasteiger partial charge on any atom is -0.465 e. The van der Waals surface area contributed by atoms with E-state index in [1.54, 1.807) is 11.8 Å². The zero-order valence-corrected chi connectivity index (χ0v) is 11.4. The van der Waals surface area contributed by atoms with E-state index in [0.29, 0.717) is 13.0 Å². The van der Waals surface area contributed by atoms with E-state index in [-0.39, 0.29) is 18.4 Å². The molecule has 1 amide bonds. The molecule has 102 valence electrons. The van der Waals surface area contributed by atoms with Crippen molar-refractivity contribution in [3.8, 4) is 0 Å². The van der Waals surface area contributed by atoms with E-state index in [9.17, 15) is 9.59 Å². The Morgan fingerprint density at radius 3 is 2.89 bits per heavy atom. The van der Waals surface area contributed by atoms with Crippen molar-refractivity contribution in [3.63, 3.8) is 0 Å². The van der Waals surface area contributed by atoms with Crippen LogP contribution in [0.25, 0.3) is 0 Å². The summed E-state index contributed by atoms with van der Waals surface area (Å²) in [5.74, 6) is -0.359. The summed E-state index contributed by atoms with van der Waals surface area (Å²) in [6.07, 6.45) is 2.18. The number of amides is 1. The molecular formula is C15H19NO3. The van der Waals surface area contributed by atoms with E-state index in [1.807, 2.05) is 25.1 Å². The number of fused-ring (bicyclic) bond motifs is 1. The van der Waals surface area contributed by atoms with E-state index in [0.717, 1.165) is 29.7 Å². The largest absolute Gasteiger partial charge is 0.465 e. The monoisotopic (exact) mass is 261 g/mol. The van der Waals surface area contributed by atoms with Crippen LogP contribution in [-0.4, -0.2) is 25.0 Å². The van der Waals surface area contributed by atoms with Gasteiger partial charge in [-0.15, -0.1) is 0 Å². The van der Waals surface area contributed by atoms with Crippen molar-refractivity contribution in [1.29, 1.82) is 0 Å². The normalized spacial score (nSPS) is 14.8. The van der Waals surface area contributed by atoms with Crippen LogP contribution in [0.15, 0.2) is 18.2 Å². The van der Waals surface area contributed by atoms with Gasteiger partial charge in [-0.25, -0.2) is 0 Å². The Morgan fingerprint density at radius 2 is 2.16 bits per heavy atom. The quantitative estimate of drug-likeness (QED) is 0.784. The average Bonchev–Trinajstić information content (AvgIpc) is 2.51. The Hall–Kier alpha value is -1.84.